The first-order valence-corrected chi connectivity index (χ1v) is 11.2. The Balaban J connectivity index is 1.26. The monoisotopic (exact) mass is 462 g/mol. The molecule has 10 heteroatoms. The van der Waals surface area contributed by atoms with Crippen LogP contribution in [0.4, 0.5) is 0 Å². The number of imidazole rings is 1. The minimum Gasteiger partial charge on any atom is -0.497 e. The molecule has 1 atom stereocenters. The molecule has 1 spiro atoms. The highest BCUT2D eigenvalue weighted by Gasteiger charge is 2.47. The van der Waals surface area contributed by atoms with Gasteiger partial charge < -0.3 is 24.3 Å². The van der Waals surface area contributed by atoms with Crippen molar-refractivity contribution in [3.63, 3.8) is 0 Å². The predicted octanol–water partition coefficient (Wildman–Crippen LogP) is 1.53. The lowest BCUT2D eigenvalue weighted by Gasteiger charge is -2.45. The molecule has 34 heavy (non-hydrogen) atoms. The number of hydrogen-bond donors (Lipinski definition) is 1. The van der Waals surface area contributed by atoms with Crippen molar-refractivity contribution in [2.24, 2.45) is 0 Å². The van der Waals surface area contributed by atoms with E-state index in [-0.39, 0.29) is 11.8 Å². The molecule has 4 heterocycles. The first-order valence-electron chi connectivity index (χ1n) is 11.2. The van der Waals surface area contributed by atoms with Gasteiger partial charge in [-0.25, -0.2) is 9.97 Å². The number of ether oxygens (including phenoxy) is 2. The standard InChI is InChI=1S/C24H26N6O4/c1-33-18-4-2-17(3-5-18)14-28-21(31)20-16-30-13-10-27-23(30)24(34-20)6-11-29(12-7-24)22(32)19-15-25-8-9-26-19/h2-5,8-10,13,15,20H,6-7,11-12,14,16H2,1H3,(H,28,31)/t20-/m1/s1. The van der Waals surface area contributed by atoms with Crippen molar-refractivity contribution >= 4 is 11.8 Å². The number of aromatic nitrogens is 4. The molecule has 0 aliphatic carbocycles. The zero-order valence-corrected chi connectivity index (χ0v) is 18.9. The lowest BCUT2D eigenvalue weighted by molar-refractivity contribution is -0.172. The Hall–Kier alpha value is -3.79. The van der Waals surface area contributed by atoms with Gasteiger partial charge in [-0.2, -0.15) is 0 Å². The summed E-state index contributed by atoms with van der Waals surface area (Å²) in [4.78, 5) is 40.2. The maximum absolute atomic E-state index is 13.0. The van der Waals surface area contributed by atoms with Crippen LogP contribution < -0.4 is 10.1 Å². The smallest absolute Gasteiger partial charge is 0.274 e. The number of hydrogen-bond acceptors (Lipinski definition) is 7. The molecule has 0 bridgehead atoms. The molecule has 1 fully saturated rings. The van der Waals surface area contributed by atoms with E-state index >= 15 is 0 Å². The van der Waals surface area contributed by atoms with Crippen molar-refractivity contribution in [3.05, 3.63) is 72.3 Å². The first-order chi connectivity index (χ1) is 16.6. The molecule has 0 radical (unpaired) electrons. The summed E-state index contributed by atoms with van der Waals surface area (Å²) >= 11 is 0. The van der Waals surface area contributed by atoms with Gasteiger partial charge in [0.2, 0.25) is 0 Å². The summed E-state index contributed by atoms with van der Waals surface area (Å²) < 4.78 is 13.6. The topological polar surface area (TPSA) is 111 Å². The summed E-state index contributed by atoms with van der Waals surface area (Å²) in [5.74, 6) is 1.24. The van der Waals surface area contributed by atoms with E-state index in [1.54, 1.807) is 18.2 Å². The fourth-order valence-electron chi connectivity index (χ4n) is 4.56. The van der Waals surface area contributed by atoms with Crippen LogP contribution in [0.1, 0.15) is 34.7 Å². The van der Waals surface area contributed by atoms with Crippen molar-refractivity contribution < 1.29 is 19.1 Å². The molecule has 0 unspecified atom stereocenters. The number of carbonyl (C=O) groups excluding carboxylic acids is 2. The van der Waals surface area contributed by atoms with Crippen molar-refractivity contribution in [1.82, 2.24) is 29.7 Å². The molecule has 2 aliphatic rings. The van der Waals surface area contributed by atoms with Gasteiger partial charge in [-0.1, -0.05) is 12.1 Å². The number of fused-ring (bicyclic) bond motifs is 2. The van der Waals surface area contributed by atoms with E-state index in [2.05, 4.69) is 20.3 Å². The number of piperidine rings is 1. The fraction of sp³-hybridized carbons (Fsp3) is 0.375. The second kappa shape index (κ2) is 9.22. The number of benzene rings is 1. The van der Waals surface area contributed by atoms with Gasteiger partial charge in [0.15, 0.2) is 6.10 Å². The third-order valence-corrected chi connectivity index (χ3v) is 6.41. The highest BCUT2D eigenvalue weighted by molar-refractivity contribution is 5.92. The zero-order chi connectivity index (χ0) is 23.5. The van der Waals surface area contributed by atoms with Gasteiger partial charge in [0, 0.05) is 57.3 Å². The molecular formula is C24H26N6O4. The highest BCUT2D eigenvalue weighted by atomic mass is 16.5. The van der Waals surface area contributed by atoms with Crippen LogP contribution >= 0.6 is 0 Å². The number of amides is 2. The summed E-state index contributed by atoms with van der Waals surface area (Å²) in [7, 11) is 1.62. The second-order valence-corrected chi connectivity index (χ2v) is 8.45. The third-order valence-electron chi connectivity index (χ3n) is 6.41. The summed E-state index contributed by atoms with van der Waals surface area (Å²) in [5, 5.41) is 2.98. The lowest BCUT2D eigenvalue weighted by atomic mass is 9.88. The van der Waals surface area contributed by atoms with Crippen molar-refractivity contribution in [1.29, 1.82) is 0 Å². The van der Waals surface area contributed by atoms with E-state index < -0.39 is 11.7 Å². The Labute approximate surface area is 196 Å². The van der Waals surface area contributed by atoms with Crippen LogP contribution in [-0.2, 0) is 28.2 Å². The van der Waals surface area contributed by atoms with E-state index in [1.165, 1.54) is 18.6 Å². The fourth-order valence-corrected chi connectivity index (χ4v) is 4.56. The number of methoxy groups -OCH3 is 1. The Bertz CT molecular complexity index is 1160. The molecule has 176 valence electrons. The highest BCUT2D eigenvalue weighted by Crippen LogP contribution is 2.40. The maximum Gasteiger partial charge on any atom is 0.274 e. The minimum atomic E-state index is -0.719. The second-order valence-electron chi connectivity index (χ2n) is 8.45. The molecule has 1 N–H and O–H groups in total. The zero-order valence-electron chi connectivity index (χ0n) is 18.9. The first kappa shape index (κ1) is 22.0. The lowest BCUT2D eigenvalue weighted by Crippen LogP contribution is -2.54. The predicted molar refractivity (Wildman–Crippen MR) is 121 cm³/mol. The Morgan fingerprint density at radius 1 is 1.15 bits per heavy atom. The van der Waals surface area contributed by atoms with Gasteiger partial charge in [0.05, 0.1) is 19.9 Å². The molecule has 1 aromatic carbocycles. The number of rotatable bonds is 5. The molecule has 5 rings (SSSR count). The third kappa shape index (κ3) is 4.24. The van der Waals surface area contributed by atoms with Crippen LogP contribution in [0, 0.1) is 0 Å². The minimum absolute atomic E-state index is 0.157. The van der Waals surface area contributed by atoms with Gasteiger partial charge >= 0.3 is 0 Å². The van der Waals surface area contributed by atoms with E-state index in [0.717, 1.165) is 17.1 Å². The average Bonchev–Trinajstić information content (AvgIpc) is 3.38. The number of likely N-dealkylation sites (tertiary alicyclic amines) is 1. The van der Waals surface area contributed by atoms with E-state index in [4.69, 9.17) is 9.47 Å². The molecule has 1 saturated heterocycles. The Morgan fingerprint density at radius 2 is 1.94 bits per heavy atom. The van der Waals surface area contributed by atoms with Crippen LogP contribution in [0.2, 0.25) is 0 Å². The van der Waals surface area contributed by atoms with Gasteiger partial charge in [0.25, 0.3) is 11.8 Å². The number of nitrogens with one attached hydrogen (secondary N) is 1. The molecule has 10 nitrogen and oxygen atoms in total. The quantitative estimate of drug-likeness (QED) is 0.612. The molecule has 2 aliphatic heterocycles. The summed E-state index contributed by atoms with van der Waals surface area (Å²) in [5.41, 5.74) is 0.572. The van der Waals surface area contributed by atoms with E-state index in [1.807, 2.05) is 35.0 Å². The van der Waals surface area contributed by atoms with Crippen LogP contribution in [0.3, 0.4) is 0 Å². The van der Waals surface area contributed by atoms with Crippen molar-refractivity contribution in [2.75, 3.05) is 20.2 Å². The molecule has 3 aromatic rings. The van der Waals surface area contributed by atoms with Crippen LogP contribution in [0.5, 0.6) is 5.75 Å². The number of carbonyl (C=O) groups is 2. The summed E-state index contributed by atoms with van der Waals surface area (Å²) in [6, 6.07) is 7.56. The van der Waals surface area contributed by atoms with Crippen LogP contribution in [0.15, 0.2) is 55.2 Å². The van der Waals surface area contributed by atoms with Gasteiger partial charge in [0.1, 0.15) is 22.9 Å². The summed E-state index contributed by atoms with van der Waals surface area (Å²) in [6.45, 7) is 1.74. The molecule has 2 amide bonds. The molecular weight excluding hydrogens is 436 g/mol. The molecule has 2 aromatic heterocycles. The van der Waals surface area contributed by atoms with Gasteiger partial charge in [-0.15, -0.1) is 0 Å². The van der Waals surface area contributed by atoms with E-state index in [0.29, 0.717) is 44.7 Å². The van der Waals surface area contributed by atoms with E-state index in [9.17, 15) is 9.59 Å². The van der Waals surface area contributed by atoms with Crippen LogP contribution in [0.25, 0.3) is 0 Å². The average molecular weight is 463 g/mol. The van der Waals surface area contributed by atoms with Gasteiger partial charge in [-0.3, -0.25) is 14.6 Å². The largest absolute Gasteiger partial charge is 0.497 e. The van der Waals surface area contributed by atoms with Crippen LogP contribution in [-0.4, -0.2) is 62.5 Å². The Kier molecular flexibility index (Phi) is 5.97. The normalized spacial score (nSPS) is 18.9. The Morgan fingerprint density at radius 3 is 2.65 bits per heavy atom. The summed E-state index contributed by atoms with van der Waals surface area (Å²) in [6.07, 6.45) is 8.56. The van der Waals surface area contributed by atoms with Gasteiger partial charge in [-0.05, 0) is 17.7 Å². The van der Waals surface area contributed by atoms with Crippen molar-refractivity contribution in [2.45, 2.75) is 37.6 Å². The van der Waals surface area contributed by atoms with Crippen molar-refractivity contribution in [3.8, 4) is 5.75 Å². The number of nitrogens with zero attached hydrogens (tertiary/aromatic N) is 5. The maximum atomic E-state index is 13.0. The SMILES string of the molecule is COc1ccc(CNC(=O)[C@H]2Cn3ccnc3C3(CCN(C(=O)c4cnccn4)CC3)O2)cc1. The molecule has 0 saturated carbocycles.